The Morgan fingerprint density at radius 2 is 2.17 bits per heavy atom. The van der Waals surface area contributed by atoms with Gasteiger partial charge in [0.2, 0.25) is 5.88 Å². The molecule has 0 aliphatic carbocycles. The van der Waals surface area contributed by atoms with Crippen LogP contribution < -0.4 is 15.8 Å². The molecule has 0 spiro atoms. The maximum Gasteiger partial charge on any atom is 0.242 e. The van der Waals surface area contributed by atoms with Crippen molar-refractivity contribution in [1.82, 2.24) is 15.0 Å². The van der Waals surface area contributed by atoms with Crippen LogP contribution >= 0.6 is 0 Å². The number of nitrogens with one attached hydrogen (secondary N) is 1. The molecule has 2 aromatic rings. The van der Waals surface area contributed by atoms with E-state index in [0.29, 0.717) is 29.8 Å². The number of hydrogen-bond donors (Lipinski definition) is 2. The van der Waals surface area contributed by atoms with E-state index in [1.807, 2.05) is 32.0 Å². The topological polar surface area (TPSA) is 86.0 Å². The van der Waals surface area contributed by atoms with E-state index in [0.717, 1.165) is 5.69 Å². The van der Waals surface area contributed by atoms with Gasteiger partial charge >= 0.3 is 0 Å². The number of anilines is 3. The van der Waals surface area contributed by atoms with Gasteiger partial charge in [0.25, 0.3) is 0 Å². The largest absolute Gasteiger partial charge is 0.476 e. The second-order valence-corrected chi connectivity index (χ2v) is 3.66. The van der Waals surface area contributed by atoms with E-state index in [2.05, 4.69) is 20.3 Å². The summed E-state index contributed by atoms with van der Waals surface area (Å²) in [7, 11) is 0. The maximum atomic E-state index is 5.92. The Morgan fingerprint density at radius 3 is 2.89 bits per heavy atom. The van der Waals surface area contributed by atoms with Gasteiger partial charge in [-0.1, -0.05) is 6.07 Å². The Morgan fingerprint density at radius 1 is 1.33 bits per heavy atom. The average Bonchev–Trinajstić information content (AvgIpc) is 2.35. The lowest BCUT2D eigenvalue weighted by Crippen LogP contribution is -2.05. The molecule has 6 heteroatoms. The molecule has 0 aromatic carbocycles. The van der Waals surface area contributed by atoms with E-state index >= 15 is 0 Å². The predicted molar refractivity (Wildman–Crippen MR) is 69.9 cm³/mol. The minimum atomic E-state index is 0.377. The molecule has 18 heavy (non-hydrogen) atoms. The van der Waals surface area contributed by atoms with Crippen molar-refractivity contribution in [3.05, 3.63) is 30.2 Å². The van der Waals surface area contributed by atoms with Gasteiger partial charge in [0.1, 0.15) is 17.8 Å². The number of nitrogens with two attached hydrogens (primary N) is 1. The molecule has 0 saturated carbocycles. The Hall–Kier alpha value is -2.37. The van der Waals surface area contributed by atoms with Crippen LogP contribution in [0, 0.1) is 6.92 Å². The van der Waals surface area contributed by atoms with Gasteiger partial charge in [-0.25, -0.2) is 9.97 Å². The Labute approximate surface area is 105 Å². The average molecular weight is 245 g/mol. The Balaban J connectivity index is 2.26. The minimum absolute atomic E-state index is 0.377. The van der Waals surface area contributed by atoms with E-state index in [4.69, 9.17) is 10.5 Å². The lowest BCUT2D eigenvalue weighted by Gasteiger charge is -2.10. The van der Waals surface area contributed by atoms with Crippen LogP contribution in [0.2, 0.25) is 0 Å². The van der Waals surface area contributed by atoms with Crippen molar-refractivity contribution >= 4 is 17.3 Å². The molecule has 2 aromatic heterocycles. The quantitative estimate of drug-likeness (QED) is 0.855. The monoisotopic (exact) mass is 245 g/mol. The first-order chi connectivity index (χ1) is 8.70. The molecule has 0 unspecified atom stereocenters. The molecule has 2 rings (SSSR count). The normalized spacial score (nSPS) is 10.1. The smallest absolute Gasteiger partial charge is 0.242 e. The van der Waals surface area contributed by atoms with Crippen LogP contribution in [0.15, 0.2) is 24.5 Å². The first-order valence-electron chi connectivity index (χ1n) is 5.64. The Bertz CT molecular complexity index is 544. The van der Waals surface area contributed by atoms with Crippen molar-refractivity contribution in [1.29, 1.82) is 0 Å². The van der Waals surface area contributed by atoms with E-state index in [1.54, 1.807) is 0 Å². The number of hydrogen-bond acceptors (Lipinski definition) is 6. The first-order valence-corrected chi connectivity index (χ1v) is 5.64. The highest BCUT2D eigenvalue weighted by molar-refractivity contribution is 5.70. The lowest BCUT2D eigenvalue weighted by atomic mass is 10.3. The number of ether oxygens (including phenoxy) is 1. The molecule has 2 heterocycles. The van der Waals surface area contributed by atoms with E-state index in [1.165, 1.54) is 6.33 Å². The molecular weight excluding hydrogens is 230 g/mol. The van der Waals surface area contributed by atoms with Crippen LogP contribution in [0.3, 0.4) is 0 Å². The first kappa shape index (κ1) is 12.1. The van der Waals surface area contributed by atoms with Crippen molar-refractivity contribution in [3.8, 4) is 5.88 Å². The van der Waals surface area contributed by atoms with Crippen molar-refractivity contribution in [2.45, 2.75) is 13.8 Å². The summed E-state index contributed by atoms with van der Waals surface area (Å²) in [6.45, 7) is 4.29. The highest BCUT2D eigenvalue weighted by Gasteiger charge is 2.09. The van der Waals surface area contributed by atoms with Crippen molar-refractivity contribution in [2.24, 2.45) is 0 Å². The van der Waals surface area contributed by atoms with Crippen LogP contribution in [0.25, 0.3) is 0 Å². The molecule has 0 amide bonds. The molecule has 0 aliphatic rings. The van der Waals surface area contributed by atoms with Gasteiger partial charge in [0.05, 0.1) is 6.61 Å². The van der Waals surface area contributed by atoms with Crippen LogP contribution in [-0.2, 0) is 0 Å². The molecule has 0 aliphatic heterocycles. The molecular formula is C12H15N5O. The molecule has 0 atom stereocenters. The number of aromatic nitrogens is 3. The highest BCUT2D eigenvalue weighted by atomic mass is 16.5. The van der Waals surface area contributed by atoms with Gasteiger partial charge in [0, 0.05) is 5.69 Å². The van der Waals surface area contributed by atoms with Crippen LogP contribution in [0.5, 0.6) is 5.88 Å². The zero-order valence-corrected chi connectivity index (χ0v) is 10.3. The van der Waals surface area contributed by atoms with Gasteiger partial charge < -0.3 is 15.8 Å². The number of nitrogen functional groups attached to an aromatic ring is 1. The number of pyridine rings is 1. The third-order valence-electron chi connectivity index (χ3n) is 2.26. The summed E-state index contributed by atoms with van der Waals surface area (Å²) < 4.78 is 5.30. The summed E-state index contributed by atoms with van der Waals surface area (Å²) in [5.41, 5.74) is 7.21. The zero-order valence-electron chi connectivity index (χ0n) is 10.3. The molecule has 6 nitrogen and oxygen atoms in total. The maximum absolute atomic E-state index is 5.92. The molecule has 0 fully saturated rings. The Kier molecular flexibility index (Phi) is 3.57. The third-order valence-corrected chi connectivity index (χ3v) is 2.26. The third kappa shape index (κ3) is 2.65. The fraction of sp³-hybridized carbons (Fsp3) is 0.250. The summed E-state index contributed by atoms with van der Waals surface area (Å²) in [4.78, 5) is 12.4. The summed E-state index contributed by atoms with van der Waals surface area (Å²) in [5.74, 6) is 1.55. The molecule has 0 bridgehead atoms. The molecule has 0 saturated heterocycles. The molecule has 0 radical (unpaired) electrons. The lowest BCUT2D eigenvalue weighted by molar-refractivity contribution is 0.328. The summed E-state index contributed by atoms with van der Waals surface area (Å²) in [6.07, 6.45) is 1.40. The van der Waals surface area contributed by atoms with E-state index in [-0.39, 0.29) is 0 Å². The summed E-state index contributed by atoms with van der Waals surface area (Å²) in [6, 6.07) is 5.67. The second-order valence-electron chi connectivity index (χ2n) is 3.66. The predicted octanol–water partition coefficient (Wildman–Crippen LogP) is 1.90. The molecule has 3 N–H and O–H groups in total. The molecule has 94 valence electrons. The van der Waals surface area contributed by atoms with E-state index < -0.39 is 0 Å². The van der Waals surface area contributed by atoms with Gasteiger partial charge in [-0.05, 0) is 26.0 Å². The SMILES string of the molecule is CCOc1ncnc(Nc2cccc(C)n2)c1N. The summed E-state index contributed by atoms with van der Waals surface area (Å²) in [5, 5.41) is 3.04. The minimum Gasteiger partial charge on any atom is -0.476 e. The fourth-order valence-corrected chi connectivity index (χ4v) is 1.46. The van der Waals surface area contributed by atoms with Crippen LogP contribution in [0.4, 0.5) is 17.3 Å². The fourth-order valence-electron chi connectivity index (χ4n) is 1.46. The van der Waals surface area contributed by atoms with Gasteiger partial charge in [-0.2, -0.15) is 4.98 Å². The standard InChI is InChI=1S/C12H15N5O/c1-3-18-12-10(13)11(14-7-15-12)17-9-6-4-5-8(2)16-9/h4-7H,3,13H2,1-2H3,(H,14,15,16,17). The number of aryl methyl sites for hydroxylation is 1. The summed E-state index contributed by atoms with van der Waals surface area (Å²) >= 11 is 0. The highest BCUT2D eigenvalue weighted by Crippen LogP contribution is 2.26. The van der Waals surface area contributed by atoms with Crippen molar-refractivity contribution in [3.63, 3.8) is 0 Å². The van der Waals surface area contributed by atoms with Crippen LogP contribution in [-0.4, -0.2) is 21.6 Å². The van der Waals surface area contributed by atoms with Gasteiger partial charge in [-0.15, -0.1) is 0 Å². The van der Waals surface area contributed by atoms with Crippen LogP contribution in [0.1, 0.15) is 12.6 Å². The van der Waals surface area contributed by atoms with Gasteiger partial charge in [0.15, 0.2) is 5.82 Å². The number of rotatable bonds is 4. The van der Waals surface area contributed by atoms with Crippen molar-refractivity contribution in [2.75, 3.05) is 17.7 Å². The number of nitrogens with zero attached hydrogens (tertiary/aromatic N) is 3. The van der Waals surface area contributed by atoms with E-state index in [9.17, 15) is 0 Å². The zero-order chi connectivity index (χ0) is 13.0. The van der Waals surface area contributed by atoms with Crippen molar-refractivity contribution < 1.29 is 4.74 Å². The second kappa shape index (κ2) is 5.31. The van der Waals surface area contributed by atoms with Gasteiger partial charge in [-0.3, -0.25) is 0 Å².